The first kappa shape index (κ1) is 14.9. The lowest BCUT2D eigenvalue weighted by Gasteiger charge is -2.20. The molecule has 2 heterocycles. The molecule has 1 fully saturated rings. The summed E-state index contributed by atoms with van der Waals surface area (Å²) in [6.07, 6.45) is 2.12. The van der Waals surface area contributed by atoms with Gasteiger partial charge in [0.15, 0.2) is 0 Å². The number of nitrogens with one attached hydrogen (secondary N) is 1. The second-order valence-electron chi connectivity index (χ2n) is 5.18. The van der Waals surface area contributed by atoms with E-state index in [4.69, 9.17) is 4.74 Å². The van der Waals surface area contributed by atoms with Gasteiger partial charge in [-0.2, -0.15) is 0 Å². The Hall–Kier alpha value is -0.460. The predicted octanol–water partition coefficient (Wildman–Crippen LogP) is 1.31. The normalized spacial score (nSPS) is 21.9. The summed E-state index contributed by atoms with van der Waals surface area (Å²) in [5.74, 6) is 0. The van der Waals surface area contributed by atoms with E-state index in [9.17, 15) is 5.11 Å². The summed E-state index contributed by atoms with van der Waals surface area (Å²) in [4.78, 5) is 3.58. The lowest BCUT2D eigenvalue weighted by Crippen LogP contribution is -2.39. The van der Waals surface area contributed by atoms with Gasteiger partial charge in [-0.15, -0.1) is 11.3 Å². The zero-order valence-electron chi connectivity index (χ0n) is 11.5. The van der Waals surface area contributed by atoms with Crippen molar-refractivity contribution in [2.75, 3.05) is 33.3 Å². The summed E-state index contributed by atoms with van der Waals surface area (Å²) < 4.78 is 5.49. The molecule has 1 aliphatic heterocycles. The smallest absolute Gasteiger partial charge is 0.0897 e. The molecule has 0 radical (unpaired) electrons. The number of likely N-dealkylation sites (tertiary alicyclic amines) is 1. The van der Waals surface area contributed by atoms with Gasteiger partial charge in [-0.25, -0.2) is 0 Å². The minimum Gasteiger partial charge on any atom is -0.389 e. The number of aliphatic hydroxyl groups is 1. The maximum Gasteiger partial charge on any atom is 0.0897 e. The zero-order chi connectivity index (χ0) is 13.5. The number of ether oxygens (including phenoxy) is 1. The van der Waals surface area contributed by atoms with Crippen LogP contribution in [0.3, 0.4) is 0 Å². The Morgan fingerprint density at radius 1 is 1.63 bits per heavy atom. The van der Waals surface area contributed by atoms with Gasteiger partial charge in [0.25, 0.3) is 0 Å². The lowest BCUT2D eigenvalue weighted by molar-refractivity contribution is 0.0294. The third kappa shape index (κ3) is 5.20. The fourth-order valence-corrected chi connectivity index (χ4v) is 3.04. The van der Waals surface area contributed by atoms with Gasteiger partial charge in [0, 0.05) is 24.0 Å². The summed E-state index contributed by atoms with van der Waals surface area (Å²) in [7, 11) is 2.17. The molecule has 0 spiro atoms. The molecular weight excluding hydrogens is 260 g/mol. The number of rotatable bonds is 8. The van der Waals surface area contributed by atoms with Crippen LogP contribution in [0.15, 0.2) is 17.5 Å². The fraction of sp³-hybridized carbons (Fsp3) is 0.714. The molecule has 2 unspecified atom stereocenters. The molecule has 0 bridgehead atoms. The van der Waals surface area contributed by atoms with Gasteiger partial charge in [0.1, 0.15) is 0 Å². The van der Waals surface area contributed by atoms with Crippen molar-refractivity contribution >= 4 is 11.3 Å². The molecule has 1 aliphatic rings. The van der Waals surface area contributed by atoms with E-state index in [1.54, 1.807) is 11.3 Å². The molecule has 1 saturated heterocycles. The van der Waals surface area contributed by atoms with Gasteiger partial charge in [-0.1, -0.05) is 6.07 Å². The number of thiophene rings is 1. The first-order valence-electron chi connectivity index (χ1n) is 6.95. The highest BCUT2D eigenvalue weighted by Crippen LogP contribution is 2.13. The highest BCUT2D eigenvalue weighted by molar-refractivity contribution is 7.09. The van der Waals surface area contributed by atoms with Crippen molar-refractivity contribution in [2.24, 2.45) is 0 Å². The van der Waals surface area contributed by atoms with Crippen molar-refractivity contribution in [1.29, 1.82) is 0 Å². The molecule has 19 heavy (non-hydrogen) atoms. The van der Waals surface area contributed by atoms with Gasteiger partial charge in [0.2, 0.25) is 0 Å². The van der Waals surface area contributed by atoms with E-state index < -0.39 is 6.10 Å². The Morgan fingerprint density at radius 3 is 3.21 bits per heavy atom. The van der Waals surface area contributed by atoms with Crippen LogP contribution in [0.5, 0.6) is 0 Å². The summed E-state index contributed by atoms with van der Waals surface area (Å²) in [5, 5.41) is 15.2. The van der Waals surface area contributed by atoms with Crippen LogP contribution in [-0.2, 0) is 11.3 Å². The molecule has 0 aliphatic carbocycles. The Labute approximate surface area is 119 Å². The summed E-state index contributed by atoms with van der Waals surface area (Å²) >= 11 is 1.68. The van der Waals surface area contributed by atoms with Crippen LogP contribution in [0.4, 0.5) is 0 Å². The van der Waals surface area contributed by atoms with Crippen LogP contribution in [-0.4, -0.2) is 55.4 Å². The van der Waals surface area contributed by atoms with Gasteiger partial charge in [-0.05, 0) is 37.9 Å². The lowest BCUT2D eigenvalue weighted by atomic mass is 10.2. The standard InChI is InChI=1S/C14H24N2O2S/c1-16-6-2-4-12(16)8-15-9-13(17)10-18-11-14-5-3-7-19-14/h3,5,7,12-13,15,17H,2,4,6,8-11H2,1H3. The van der Waals surface area contributed by atoms with Crippen molar-refractivity contribution in [3.63, 3.8) is 0 Å². The number of likely N-dealkylation sites (N-methyl/N-ethyl adjacent to an activating group) is 1. The van der Waals surface area contributed by atoms with Crippen molar-refractivity contribution in [1.82, 2.24) is 10.2 Å². The molecule has 0 aromatic carbocycles. The summed E-state index contributed by atoms with van der Waals surface area (Å²) in [6, 6.07) is 4.68. The van der Waals surface area contributed by atoms with Gasteiger partial charge in [0.05, 0.1) is 19.3 Å². The molecule has 2 rings (SSSR count). The largest absolute Gasteiger partial charge is 0.389 e. The number of hydrogen-bond donors (Lipinski definition) is 2. The number of aliphatic hydroxyl groups excluding tert-OH is 1. The number of nitrogens with zero attached hydrogens (tertiary/aromatic N) is 1. The zero-order valence-corrected chi connectivity index (χ0v) is 12.4. The first-order chi connectivity index (χ1) is 9.25. The second-order valence-corrected chi connectivity index (χ2v) is 6.22. The van der Waals surface area contributed by atoms with E-state index >= 15 is 0 Å². The Balaban J connectivity index is 1.51. The third-order valence-corrected chi connectivity index (χ3v) is 4.42. The monoisotopic (exact) mass is 284 g/mol. The van der Waals surface area contributed by atoms with E-state index in [-0.39, 0.29) is 0 Å². The highest BCUT2D eigenvalue weighted by atomic mass is 32.1. The Kier molecular flexibility index (Phi) is 6.26. The van der Waals surface area contributed by atoms with Gasteiger partial charge in [-0.3, -0.25) is 0 Å². The molecule has 2 N–H and O–H groups in total. The van der Waals surface area contributed by atoms with Gasteiger partial charge < -0.3 is 20.1 Å². The predicted molar refractivity (Wildman–Crippen MR) is 78.5 cm³/mol. The molecule has 108 valence electrons. The minimum absolute atomic E-state index is 0.394. The van der Waals surface area contributed by atoms with Crippen LogP contribution in [0.2, 0.25) is 0 Å². The van der Waals surface area contributed by atoms with Crippen molar-refractivity contribution < 1.29 is 9.84 Å². The van der Waals surface area contributed by atoms with Crippen molar-refractivity contribution in [2.45, 2.75) is 31.6 Å². The molecule has 2 atom stereocenters. The van der Waals surface area contributed by atoms with Crippen LogP contribution >= 0.6 is 11.3 Å². The van der Waals surface area contributed by atoms with Crippen LogP contribution < -0.4 is 5.32 Å². The highest BCUT2D eigenvalue weighted by Gasteiger charge is 2.20. The van der Waals surface area contributed by atoms with Crippen LogP contribution in [0.25, 0.3) is 0 Å². The van der Waals surface area contributed by atoms with Crippen molar-refractivity contribution in [3.05, 3.63) is 22.4 Å². The maximum absolute atomic E-state index is 9.82. The molecule has 1 aromatic rings. The Morgan fingerprint density at radius 2 is 2.53 bits per heavy atom. The topological polar surface area (TPSA) is 44.7 Å². The van der Waals surface area contributed by atoms with Crippen LogP contribution in [0, 0.1) is 0 Å². The quantitative estimate of drug-likeness (QED) is 0.755. The van der Waals surface area contributed by atoms with Gasteiger partial charge >= 0.3 is 0 Å². The maximum atomic E-state index is 9.82. The van der Waals surface area contributed by atoms with Crippen LogP contribution in [0.1, 0.15) is 17.7 Å². The molecule has 1 aromatic heterocycles. The number of hydrogen-bond acceptors (Lipinski definition) is 5. The summed E-state index contributed by atoms with van der Waals surface area (Å²) in [6.45, 7) is 3.75. The van der Waals surface area contributed by atoms with E-state index in [2.05, 4.69) is 17.3 Å². The Bertz CT molecular complexity index is 345. The van der Waals surface area contributed by atoms with Crippen molar-refractivity contribution in [3.8, 4) is 0 Å². The third-order valence-electron chi connectivity index (χ3n) is 3.57. The van der Waals surface area contributed by atoms with E-state index in [0.29, 0.717) is 25.8 Å². The molecule has 0 saturated carbocycles. The molecular formula is C14H24N2O2S. The van der Waals surface area contributed by atoms with E-state index in [1.165, 1.54) is 24.3 Å². The average Bonchev–Trinajstić information content (AvgIpc) is 3.02. The minimum atomic E-state index is -0.424. The second kappa shape index (κ2) is 7.97. The van der Waals surface area contributed by atoms with E-state index in [1.807, 2.05) is 17.5 Å². The van der Waals surface area contributed by atoms with E-state index in [0.717, 1.165) is 6.54 Å². The molecule has 0 amide bonds. The molecule has 4 nitrogen and oxygen atoms in total. The average molecular weight is 284 g/mol. The fourth-order valence-electron chi connectivity index (χ4n) is 2.40. The SMILES string of the molecule is CN1CCCC1CNCC(O)COCc1cccs1. The summed E-state index contributed by atoms with van der Waals surface area (Å²) in [5.41, 5.74) is 0. The first-order valence-corrected chi connectivity index (χ1v) is 7.83. The molecule has 5 heteroatoms.